The van der Waals surface area contributed by atoms with Crippen LogP contribution in [0.3, 0.4) is 0 Å². The number of hydrogen-bond donors (Lipinski definition) is 1. The van der Waals surface area contributed by atoms with Gasteiger partial charge in [0.15, 0.2) is 0 Å². The van der Waals surface area contributed by atoms with Crippen molar-refractivity contribution in [2.24, 2.45) is 0 Å². The van der Waals surface area contributed by atoms with Crippen LogP contribution in [0.2, 0.25) is 0 Å². The number of rotatable bonds is 3. The molecule has 0 aliphatic heterocycles. The van der Waals surface area contributed by atoms with Gasteiger partial charge in [0.25, 0.3) is 0 Å². The Labute approximate surface area is 85.1 Å². The Bertz CT molecular complexity index is 321. The summed E-state index contributed by atoms with van der Waals surface area (Å²) in [6.45, 7) is 2.15. The van der Waals surface area contributed by atoms with E-state index in [0.717, 1.165) is 24.7 Å². The highest BCUT2D eigenvalue weighted by Crippen LogP contribution is 2.45. The third kappa shape index (κ3) is 1.44. The van der Waals surface area contributed by atoms with Gasteiger partial charge < -0.3 is 5.32 Å². The summed E-state index contributed by atoms with van der Waals surface area (Å²) in [5.41, 5.74) is 3.78. The van der Waals surface area contributed by atoms with Crippen LogP contribution in [-0.4, -0.2) is 18.9 Å². The van der Waals surface area contributed by atoms with Crippen molar-refractivity contribution in [1.29, 1.82) is 0 Å². The zero-order valence-corrected chi connectivity index (χ0v) is 8.89. The molecule has 0 aromatic carbocycles. The molecule has 2 rings (SSSR count). The molecule has 0 aromatic rings. The minimum absolute atomic E-state index is 0.137. The summed E-state index contributed by atoms with van der Waals surface area (Å²) < 4.78 is 0. The average Bonchev–Trinajstić information content (AvgIpc) is 2.98. The number of likely N-dealkylation sites (N-methyl/N-ethyl adjacent to an activating group) is 1. The van der Waals surface area contributed by atoms with E-state index in [9.17, 15) is 4.79 Å². The van der Waals surface area contributed by atoms with E-state index in [1.54, 1.807) is 0 Å². The minimum atomic E-state index is 0.137. The average molecular weight is 191 g/mol. The molecule has 0 amide bonds. The first kappa shape index (κ1) is 9.66. The molecule has 2 aliphatic carbocycles. The summed E-state index contributed by atoms with van der Waals surface area (Å²) in [6, 6.07) is 0. The number of allylic oxidation sites excluding steroid dienone is 2. The number of carbonyl (C=O) groups excluding carboxylic acids is 1. The number of nitrogens with one attached hydrogen (secondary N) is 1. The maximum absolute atomic E-state index is 11.0. The molecule has 1 fully saturated rings. The fourth-order valence-corrected chi connectivity index (χ4v) is 2.22. The maximum atomic E-state index is 11.0. The van der Waals surface area contributed by atoms with E-state index in [1.165, 1.54) is 24.0 Å². The van der Waals surface area contributed by atoms with Gasteiger partial charge in [-0.1, -0.05) is 11.6 Å². The monoisotopic (exact) mass is 191 g/mol. The maximum Gasteiger partial charge on any atom is 0.146 e. The van der Waals surface area contributed by atoms with Crippen LogP contribution in [0.1, 0.15) is 32.6 Å². The molecule has 1 N–H and O–H groups in total. The number of carbonyl (C=O) groups is 1. The normalized spacial score (nSPS) is 24.6. The van der Waals surface area contributed by atoms with E-state index in [1.807, 2.05) is 7.05 Å². The van der Waals surface area contributed by atoms with Gasteiger partial charge in [-0.05, 0) is 50.8 Å². The molecule has 0 radical (unpaired) electrons. The highest BCUT2D eigenvalue weighted by Gasteiger charge is 2.45. The van der Waals surface area contributed by atoms with Gasteiger partial charge in [-0.3, -0.25) is 4.79 Å². The Kier molecular flexibility index (Phi) is 2.31. The van der Waals surface area contributed by atoms with Crippen LogP contribution < -0.4 is 5.32 Å². The van der Waals surface area contributed by atoms with Gasteiger partial charge in [0.05, 0.1) is 0 Å². The Hall–Kier alpha value is -0.890. The van der Waals surface area contributed by atoms with Gasteiger partial charge in [0.2, 0.25) is 0 Å². The van der Waals surface area contributed by atoms with Crippen molar-refractivity contribution < 1.29 is 4.79 Å². The van der Waals surface area contributed by atoms with Crippen LogP contribution in [0.15, 0.2) is 22.8 Å². The Morgan fingerprint density at radius 1 is 1.43 bits per heavy atom. The second-order valence-corrected chi connectivity index (χ2v) is 4.38. The van der Waals surface area contributed by atoms with E-state index in [2.05, 4.69) is 18.3 Å². The minimum Gasteiger partial charge on any atom is -0.310 e. The predicted octanol–water partition coefficient (Wildman–Crippen LogP) is 1.97. The van der Waals surface area contributed by atoms with Crippen molar-refractivity contribution in [2.45, 2.75) is 38.1 Å². The van der Waals surface area contributed by atoms with Gasteiger partial charge >= 0.3 is 0 Å². The Morgan fingerprint density at radius 2 is 2.14 bits per heavy atom. The molecule has 2 aliphatic rings. The highest BCUT2D eigenvalue weighted by atomic mass is 16.1. The second-order valence-electron chi connectivity index (χ2n) is 4.38. The smallest absolute Gasteiger partial charge is 0.146 e. The molecule has 0 bridgehead atoms. The SMILES string of the molecule is CNC1(C2=C(C=O)CCC(C)=C2)CC1. The van der Waals surface area contributed by atoms with Crippen LogP contribution in [0.5, 0.6) is 0 Å². The van der Waals surface area contributed by atoms with E-state index in [-0.39, 0.29) is 5.54 Å². The van der Waals surface area contributed by atoms with Crippen molar-refractivity contribution in [3.63, 3.8) is 0 Å². The molecular formula is C12H17NO. The van der Waals surface area contributed by atoms with Crippen LogP contribution >= 0.6 is 0 Å². The van der Waals surface area contributed by atoms with E-state index in [4.69, 9.17) is 0 Å². The molecule has 0 spiro atoms. The lowest BCUT2D eigenvalue weighted by Crippen LogP contribution is -2.31. The molecule has 2 heteroatoms. The molecule has 0 saturated heterocycles. The highest BCUT2D eigenvalue weighted by molar-refractivity contribution is 5.78. The molecule has 0 heterocycles. The standard InChI is InChI=1S/C12H17NO/c1-9-3-4-10(8-14)11(7-9)12(13-2)5-6-12/h7-8,13H,3-6H2,1-2H3. The summed E-state index contributed by atoms with van der Waals surface area (Å²) in [4.78, 5) is 11.0. The van der Waals surface area contributed by atoms with Gasteiger partial charge in [0.1, 0.15) is 6.29 Å². The molecule has 0 aromatic heterocycles. The first-order valence-corrected chi connectivity index (χ1v) is 5.27. The Balaban J connectivity index is 2.38. The molecule has 2 nitrogen and oxygen atoms in total. The summed E-state index contributed by atoms with van der Waals surface area (Å²) in [6.07, 6.45) is 7.54. The molecule has 1 saturated carbocycles. The molecule has 14 heavy (non-hydrogen) atoms. The van der Waals surface area contributed by atoms with E-state index in [0.29, 0.717) is 0 Å². The third-order valence-electron chi connectivity index (χ3n) is 3.41. The largest absolute Gasteiger partial charge is 0.310 e. The van der Waals surface area contributed by atoms with Crippen molar-refractivity contribution in [1.82, 2.24) is 5.32 Å². The van der Waals surface area contributed by atoms with Crippen LogP contribution in [0.4, 0.5) is 0 Å². The quantitative estimate of drug-likeness (QED) is 0.691. The lowest BCUT2D eigenvalue weighted by molar-refractivity contribution is -0.105. The molecular weight excluding hydrogens is 174 g/mol. The first-order chi connectivity index (χ1) is 6.72. The molecule has 76 valence electrons. The summed E-state index contributed by atoms with van der Waals surface area (Å²) >= 11 is 0. The number of aldehydes is 1. The Morgan fingerprint density at radius 3 is 2.64 bits per heavy atom. The zero-order chi connectivity index (χ0) is 10.2. The van der Waals surface area contributed by atoms with Gasteiger partial charge in [-0.25, -0.2) is 0 Å². The van der Waals surface area contributed by atoms with E-state index >= 15 is 0 Å². The van der Waals surface area contributed by atoms with Gasteiger partial charge in [-0.2, -0.15) is 0 Å². The molecule has 0 atom stereocenters. The third-order valence-corrected chi connectivity index (χ3v) is 3.41. The summed E-state index contributed by atoms with van der Waals surface area (Å²) in [5, 5.41) is 3.35. The lowest BCUT2D eigenvalue weighted by atomic mass is 9.88. The second kappa shape index (κ2) is 3.35. The predicted molar refractivity (Wildman–Crippen MR) is 57.1 cm³/mol. The lowest BCUT2D eigenvalue weighted by Gasteiger charge is -2.22. The van der Waals surface area contributed by atoms with Crippen LogP contribution in [0.25, 0.3) is 0 Å². The van der Waals surface area contributed by atoms with Gasteiger partial charge in [-0.15, -0.1) is 0 Å². The van der Waals surface area contributed by atoms with Crippen molar-refractivity contribution in [3.05, 3.63) is 22.8 Å². The topological polar surface area (TPSA) is 29.1 Å². The van der Waals surface area contributed by atoms with Crippen LogP contribution in [-0.2, 0) is 4.79 Å². The van der Waals surface area contributed by atoms with Crippen molar-refractivity contribution in [2.75, 3.05) is 7.05 Å². The zero-order valence-electron chi connectivity index (χ0n) is 8.89. The fraction of sp³-hybridized carbons (Fsp3) is 0.583. The van der Waals surface area contributed by atoms with Crippen molar-refractivity contribution in [3.8, 4) is 0 Å². The van der Waals surface area contributed by atoms with Gasteiger partial charge in [0, 0.05) is 5.54 Å². The first-order valence-electron chi connectivity index (χ1n) is 5.27. The summed E-state index contributed by atoms with van der Waals surface area (Å²) in [5.74, 6) is 0. The number of hydrogen-bond acceptors (Lipinski definition) is 2. The fourth-order valence-electron chi connectivity index (χ4n) is 2.22. The van der Waals surface area contributed by atoms with Crippen molar-refractivity contribution >= 4 is 6.29 Å². The van der Waals surface area contributed by atoms with E-state index < -0.39 is 0 Å². The molecule has 0 unspecified atom stereocenters. The van der Waals surface area contributed by atoms with Crippen LogP contribution in [0, 0.1) is 0 Å². The summed E-state index contributed by atoms with van der Waals surface area (Å²) in [7, 11) is 1.99.